The van der Waals surface area contributed by atoms with Crippen molar-refractivity contribution in [2.45, 2.75) is 284 Å². The molecule has 0 aromatic rings. The summed E-state index contributed by atoms with van der Waals surface area (Å²) in [5, 5.41) is 0. The van der Waals surface area contributed by atoms with Crippen LogP contribution in [0.3, 0.4) is 0 Å². The molecule has 0 aliphatic heterocycles. The molecule has 0 saturated carbocycles. The Morgan fingerprint density at radius 2 is 0.494 bits per heavy atom. The van der Waals surface area contributed by atoms with Gasteiger partial charge in [-0.3, -0.25) is 14.4 Å². The summed E-state index contributed by atoms with van der Waals surface area (Å²) in [7, 11) is 0. The molecule has 0 N–H and O–H groups in total. The number of carbonyl (C=O) groups is 3. The molecule has 0 heterocycles. The molecule has 446 valence electrons. The van der Waals surface area contributed by atoms with Gasteiger partial charge in [-0.05, 0) is 141 Å². The summed E-state index contributed by atoms with van der Waals surface area (Å²) in [6.45, 7) is 6.37. The van der Waals surface area contributed by atoms with E-state index in [1.54, 1.807) is 0 Å². The van der Waals surface area contributed by atoms with Gasteiger partial charge in [0.2, 0.25) is 0 Å². The molecular formula is C73H118O6. The zero-order valence-electron chi connectivity index (χ0n) is 51.1. The molecule has 79 heavy (non-hydrogen) atoms. The lowest BCUT2D eigenvalue weighted by molar-refractivity contribution is -0.167. The maximum absolute atomic E-state index is 12.9. The molecule has 0 amide bonds. The Morgan fingerprint density at radius 3 is 0.785 bits per heavy atom. The van der Waals surface area contributed by atoms with Crippen LogP contribution in [-0.4, -0.2) is 37.2 Å². The first kappa shape index (κ1) is 74.3. The molecule has 1 unspecified atom stereocenters. The van der Waals surface area contributed by atoms with Crippen molar-refractivity contribution in [1.82, 2.24) is 0 Å². The largest absolute Gasteiger partial charge is 0.462 e. The van der Waals surface area contributed by atoms with Crippen molar-refractivity contribution in [1.29, 1.82) is 0 Å². The van der Waals surface area contributed by atoms with E-state index in [4.69, 9.17) is 14.2 Å². The Kier molecular flexibility index (Phi) is 61.9. The van der Waals surface area contributed by atoms with Crippen LogP contribution >= 0.6 is 0 Å². The average Bonchev–Trinajstić information content (AvgIpc) is 3.45. The number of allylic oxidation sites excluding steroid dienone is 24. The van der Waals surface area contributed by atoms with Gasteiger partial charge in [0.25, 0.3) is 0 Å². The number of unbranched alkanes of at least 4 members (excludes halogenated alkanes) is 22. The Bertz CT molecular complexity index is 1730. The van der Waals surface area contributed by atoms with Crippen LogP contribution in [0.15, 0.2) is 146 Å². The highest BCUT2D eigenvalue weighted by atomic mass is 16.6. The first-order valence-corrected chi connectivity index (χ1v) is 32.3. The molecule has 0 radical (unpaired) electrons. The molecule has 0 spiro atoms. The molecule has 0 fully saturated rings. The van der Waals surface area contributed by atoms with Crippen LogP contribution in [0, 0.1) is 0 Å². The zero-order valence-corrected chi connectivity index (χ0v) is 51.1. The van der Waals surface area contributed by atoms with Gasteiger partial charge in [-0.15, -0.1) is 0 Å². The summed E-state index contributed by atoms with van der Waals surface area (Å²) >= 11 is 0. The average molecular weight is 1090 g/mol. The summed E-state index contributed by atoms with van der Waals surface area (Å²) in [5.74, 6) is -0.930. The number of esters is 3. The fraction of sp³-hybridized carbons (Fsp3) is 0.630. The topological polar surface area (TPSA) is 78.9 Å². The SMILES string of the molecule is CC/C=C\C/C=C\C/C=C\C/C=C\C/C=C\C/C=C\C/C=C\C/C=C\CCCCCCCCCCC(=O)OCC(COC(=O)CCCCCCC/C=C\CCCCCC)OC(=O)CCCCCCC/C=C\C/C=C\C/C=C\CC. The fourth-order valence-corrected chi connectivity index (χ4v) is 8.53. The molecule has 1 atom stereocenters. The minimum atomic E-state index is -0.800. The van der Waals surface area contributed by atoms with Gasteiger partial charge in [0.15, 0.2) is 6.10 Å². The monoisotopic (exact) mass is 1090 g/mol. The smallest absolute Gasteiger partial charge is 0.306 e. The van der Waals surface area contributed by atoms with Crippen LogP contribution < -0.4 is 0 Å². The van der Waals surface area contributed by atoms with Crippen LogP contribution in [0.2, 0.25) is 0 Å². The maximum atomic E-state index is 12.9. The van der Waals surface area contributed by atoms with E-state index in [9.17, 15) is 14.4 Å². The molecule has 0 aliphatic carbocycles. The second-order valence-corrected chi connectivity index (χ2v) is 20.9. The van der Waals surface area contributed by atoms with E-state index in [1.807, 2.05) is 0 Å². The lowest BCUT2D eigenvalue weighted by atomic mass is 10.1. The number of ether oxygens (including phenoxy) is 3. The first-order valence-electron chi connectivity index (χ1n) is 32.3. The van der Waals surface area contributed by atoms with E-state index >= 15 is 0 Å². The zero-order chi connectivity index (χ0) is 57.1. The van der Waals surface area contributed by atoms with Crippen LogP contribution in [0.1, 0.15) is 278 Å². The van der Waals surface area contributed by atoms with Gasteiger partial charge < -0.3 is 14.2 Å². The van der Waals surface area contributed by atoms with Gasteiger partial charge in [0.1, 0.15) is 13.2 Å². The summed E-state index contributed by atoms with van der Waals surface area (Å²) in [4.78, 5) is 38.3. The van der Waals surface area contributed by atoms with Crippen molar-refractivity contribution in [3.05, 3.63) is 146 Å². The lowest BCUT2D eigenvalue weighted by Crippen LogP contribution is -2.30. The van der Waals surface area contributed by atoms with Crippen molar-refractivity contribution in [3.8, 4) is 0 Å². The molecule has 0 aliphatic rings. The molecule has 0 bridgehead atoms. The highest BCUT2D eigenvalue weighted by molar-refractivity contribution is 5.71. The minimum Gasteiger partial charge on any atom is -0.462 e. The van der Waals surface area contributed by atoms with Crippen molar-refractivity contribution in [3.63, 3.8) is 0 Å². The quantitative estimate of drug-likeness (QED) is 0.0261. The Balaban J connectivity index is 4.29. The highest BCUT2D eigenvalue weighted by Gasteiger charge is 2.19. The lowest BCUT2D eigenvalue weighted by Gasteiger charge is -2.18. The predicted molar refractivity (Wildman–Crippen MR) is 343 cm³/mol. The Morgan fingerprint density at radius 1 is 0.266 bits per heavy atom. The molecule has 6 heteroatoms. The van der Waals surface area contributed by atoms with Crippen molar-refractivity contribution >= 4 is 17.9 Å². The van der Waals surface area contributed by atoms with Crippen LogP contribution in [0.25, 0.3) is 0 Å². The van der Waals surface area contributed by atoms with Gasteiger partial charge in [-0.25, -0.2) is 0 Å². The summed E-state index contributed by atoms with van der Waals surface area (Å²) in [6.07, 6.45) is 94.3. The third kappa shape index (κ3) is 64.0. The first-order chi connectivity index (χ1) is 39.0. The van der Waals surface area contributed by atoms with Crippen molar-refractivity contribution in [2.75, 3.05) is 13.2 Å². The van der Waals surface area contributed by atoms with E-state index < -0.39 is 6.10 Å². The normalized spacial score (nSPS) is 13.1. The number of rotatable bonds is 57. The summed E-state index contributed by atoms with van der Waals surface area (Å²) in [5.41, 5.74) is 0. The standard InChI is InChI=1S/C73H118O6/c1-4-7-10-13-16-19-22-25-27-28-29-30-31-32-33-34-35-36-37-38-39-40-41-42-43-44-46-48-51-54-57-60-63-66-72(75)78-69-70(68-77-71(74)65-62-59-56-53-50-47-24-21-18-15-12-9-6-3)79-73(76)67-64-61-58-55-52-49-45-26-23-20-17-14-11-8-5-2/h7-8,10-11,16-17,19-21,24-27,29-30,32-33,35-36,38-39,41-42,45,70H,4-6,9,12-15,18,22-23,28,31,34,37,40,43-44,46-69H2,1-3H3/b10-7-,11-8-,19-16-,20-17-,24-21-,27-25-,30-29-,33-32-,36-35-,39-38-,42-41-,45-26-. The van der Waals surface area contributed by atoms with Crippen molar-refractivity contribution < 1.29 is 28.6 Å². The molecule has 0 aromatic carbocycles. The number of hydrogen-bond donors (Lipinski definition) is 0. The van der Waals surface area contributed by atoms with E-state index in [0.29, 0.717) is 19.3 Å². The van der Waals surface area contributed by atoms with Crippen LogP contribution in [0.5, 0.6) is 0 Å². The van der Waals surface area contributed by atoms with Gasteiger partial charge in [0, 0.05) is 19.3 Å². The minimum absolute atomic E-state index is 0.0954. The number of hydrogen-bond acceptors (Lipinski definition) is 6. The third-order valence-corrected chi connectivity index (χ3v) is 13.3. The van der Waals surface area contributed by atoms with Gasteiger partial charge >= 0.3 is 17.9 Å². The van der Waals surface area contributed by atoms with E-state index in [2.05, 4.69) is 167 Å². The summed E-state index contributed by atoms with van der Waals surface area (Å²) < 4.78 is 16.9. The Hall–Kier alpha value is -4.71. The molecule has 6 nitrogen and oxygen atoms in total. The Labute approximate surface area is 487 Å². The number of carbonyl (C=O) groups excluding carboxylic acids is 3. The van der Waals surface area contributed by atoms with Gasteiger partial charge in [-0.2, -0.15) is 0 Å². The fourth-order valence-electron chi connectivity index (χ4n) is 8.53. The molecule has 0 rings (SSSR count). The maximum Gasteiger partial charge on any atom is 0.306 e. The van der Waals surface area contributed by atoms with Crippen molar-refractivity contribution in [2.24, 2.45) is 0 Å². The third-order valence-electron chi connectivity index (χ3n) is 13.3. The van der Waals surface area contributed by atoms with E-state index in [-0.39, 0.29) is 31.1 Å². The molecule has 0 saturated heterocycles. The second kappa shape index (κ2) is 65.8. The van der Waals surface area contributed by atoms with Crippen LogP contribution in [0.4, 0.5) is 0 Å². The summed E-state index contributed by atoms with van der Waals surface area (Å²) in [6, 6.07) is 0. The van der Waals surface area contributed by atoms with Crippen LogP contribution in [-0.2, 0) is 28.6 Å². The second-order valence-electron chi connectivity index (χ2n) is 20.9. The van der Waals surface area contributed by atoms with Gasteiger partial charge in [-0.1, -0.05) is 263 Å². The predicted octanol–water partition coefficient (Wildman–Crippen LogP) is 22.3. The highest BCUT2D eigenvalue weighted by Crippen LogP contribution is 2.15. The van der Waals surface area contributed by atoms with Gasteiger partial charge in [0.05, 0.1) is 0 Å². The van der Waals surface area contributed by atoms with E-state index in [0.717, 1.165) is 167 Å². The molecule has 0 aromatic heterocycles. The molecular weight excluding hydrogens is 973 g/mol. The van der Waals surface area contributed by atoms with E-state index in [1.165, 1.54) is 70.6 Å².